The van der Waals surface area contributed by atoms with E-state index in [1.807, 2.05) is 13.8 Å². The lowest BCUT2D eigenvalue weighted by atomic mass is 10.0. The van der Waals surface area contributed by atoms with Crippen molar-refractivity contribution in [2.45, 2.75) is 45.3 Å². The summed E-state index contributed by atoms with van der Waals surface area (Å²) in [5.74, 6) is -0.780. The zero-order chi connectivity index (χ0) is 20.7. The molecular weight excluding hydrogens is 366 g/mol. The number of fused-ring (bicyclic) bond motifs is 1. The average molecular weight is 393 g/mol. The Morgan fingerprint density at radius 2 is 2.14 bits per heavy atom. The van der Waals surface area contributed by atoms with Gasteiger partial charge in [0.05, 0.1) is 12.3 Å². The van der Waals surface area contributed by atoms with Gasteiger partial charge >= 0.3 is 12.1 Å². The number of ether oxygens (including phenoxy) is 2. The van der Waals surface area contributed by atoms with Gasteiger partial charge in [0, 0.05) is 6.42 Å². The second kappa shape index (κ2) is 9.93. The predicted octanol–water partition coefficient (Wildman–Crippen LogP) is 1.50. The van der Waals surface area contributed by atoms with Crippen LogP contribution in [0.15, 0.2) is 18.2 Å². The highest BCUT2D eigenvalue weighted by atomic mass is 16.5. The van der Waals surface area contributed by atoms with E-state index in [0.717, 1.165) is 0 Å². The van der Waals surface area contributed by atoms with Crippen molar-refractivity contribution in [1.82, 2.24) is 5.32 Å². The van der Waals surface area contributed by atoms with Gasteiger partial charge in [0.1, 0.15) is 11.8 Å². The molecule has 9 nitrogen and oxygen atoms in total. The number of aliphatic carboxylic acids is 1. The normalized spacial score (nSPS) is 16.6. The summed E-state index contributed by atoms with van der Waals surface area (Å²) in [6.07, 6.45) is -0.145. The van der Waals surface area contributed by atoms with Gasteiger partial charge in [-0.15, -0.1) is 0 Å². The number of rotatable bonds is 9. The van der Waals surface area contributed by atoms with E-state index in [2.05, 4.69) is 10.6 Å². The topological polar surface area (TPSA) is 140 Å². The third-order valence-electron chi connectivity index (χ3n) is 4.11. The van der Waals surface area contributed by atoms with Crippen LogP contribution in [-0.4, -0.2) is 48.4 Å². The van der Waals surface area contributed by atoms with E-state index in [9.17, 15) is 19.5 Å². The summed E-state index contributed by atoms with van der Waals surface area (Å²) in [5, 5.41) is 14.5. The van der Waals surface area contributed by atoms with E-state index in [0.29, 0.717) is 36.4 Å². The SMILES string of the molecule is CC(C)COC(=O)N[C@@H](Cc1ccc2c(c1)NC(=O)[C@@H](CCCN)O2)C(=O)O. The van der Waals surface area contributed by atoms with Crippen LogP contribution in [0.2, 0.25) is 0 Å². The number of hydrogen-bond donors (Lipinski definition) is 4. The maximum atomic E-state index is 12.1. The number of benzene rings is 1. The maximum absolute atomic E-state index is 12.1. The molecule has 1 aliphatic heterocycles. The minimum absolute atomic E-state index is 0.0336. The van der Waals surface area contributed by atoms with Crippen molar-refractivity contribution in [3.63, 3.8) is 0 Å². The van der Waals surface area contributed by atoms with Gasteiger partial charge in [-0.3, -0.25) is 4.79 Å². The van der Waals surface area contributed by atoms with Gasteiger partial charge < -0.3 is 30.9 Å². The smallest absolute Gasteiger partial charge is 0.407 e. The third kappa shape index (κ3) is 6.12. The first kappa shape index (κ1) is 21.5. The first-order valence-electron chi connectivity index (χ1n) is 9.26. The second-order valence-electron chi connectivity index (χ2n) is 7.09. The van der Waals surface area contributed by atoms with Crippen molar-refractivity contribution < 1.29 is 29.0 Å². The van der Waals surface area contributed by atoms with Crippen LogP contribution >= 0.6 is 0 Å². The van der Waals surface area contributed by atoms with Crippen LogP contribution in [0.1, 0.15) is 32.3 Å². The molecule has 0 spiro atoms. The molecule has 0 aromatic heterocycles. The molecule has 0 saturated carbocycles. The number of nitrogens with two attached hydrogens (primary N) is 1. The number of carboxylic acids is 1. The van der Waals surface area contributed by atoms with Crippen molar-refractivity contribution in [3.8, 4) is 5.75 Å². The van der Waals surface area contributed by atoms with Gasteiger partial charge in [0.15, 0.2) is 6.10 Å². The lowest BCUT2D eigenvalue weighted by molar-refractivity contribution is -0.139. The molecule has 1 aliphatic rings. The van der Waals surface area contributed by atoms with E-state index < -0.39 is 24.2 Å². The van der Waals surface area contributed by atoms with Gasteiger partial charge in [0.2, 0.25) is 0 Å². The molecule has 0 bridgehead atoms. The minimum Gasteiger partial charge on any atom is -0.480 e. The van der Waals surface area contributed by atoms with E-state index in [4.69, 9.17) is 15.2 Å². The first-order valence-corrected chi connectivity index (χ1v) is 9.26. The maximum Gasteiger partial charge on any atom is 0.407 e. The number of alkyl carbamates (subject to hydrolysis) is 1. The number of carbonyl (C=O) groups excluding carboxylic acids is 2. The summed E-state index contributed by atoms with van der Waals surface area (Å²) in [5.41, 5.74) is 6.57. The van der Waals surface area contributed by atoms with Gasteiger partial charge in [-0.05, 0) is 43.0 Å². The van der Waals surface area contributed by atoms with Crippen molar-refractivity contribution in [1.29, 1.82) is 0 Å². The van der Waals surface area contributed by atoms with Crippen LogP contribution in [0.3, 0.4) is 0 Å². The standard InChI is InChI=1S/C19H27N3O6/c1-11(2)10-27-19(26)22-14(18(24)25)9-12-5-6-15-13(8-12)21-17(23)16(28-15)4-3-7-20/h5-6,8,11,14,16H,3-4,7,9-10,20H2,1-2H3,(H,21,23)(H,22,26)(H,24,25)/t14-,16+/m0/s1. The highest BCUT2D eigenvalue weighted by molar-refractivity contribution is 5.97. The summed E-state index contributed by atoms with van der Waals surface area (Å²) in [4.78, 5) is 35.4. The van der Waals surface area contributed by atoms with Crippen molar-refractivity contribution in [3.05, 3.63) is 23.8 Å². The molecule has 1 aromatic carbocycles. The number of anilines is 1. The molecule has 0 radical (unpaired) electrons. The molecule has 0 saturated heterocycles. The molecule has 0 fully saturated rings. The number of amides is 2. The Hall–Kier alpha value is -2.81. The third-order valence-corrected chi connectivity index (χ3v) is 4.11. The molecule has 2 amide bonds. The molecule has 5 N–H and O–H groups in total. The molecule has 154 valence electrons. The van der Waals surface area contributed by atoms with Gasteiger partial charge in [-0.1, -0.05) is 19.9 Å². The minimum atomic E-state index is -1.18. The number of nitrogens with one attached hydrogen (secondary N) is 2. The van der Waals surface area contributed by atoms with E-state index in [1.165, 1.54) is 0 Å². The quantitative estimate of drug-likeness (QED) is 0.498. The Morgan fingerprint density at radius 3 is 2.79 bits per heavy atom. The Balaban J connectivity index is 2.03. The van der Waals surface area contributed by atoms with Crippen molar-refractivity contribution in [2.24, 2.45) is 11.7 Å². The Bertz CT molecular complexity index is 722. The lowest BCUT2D eigenvalue weighted by Gasteiger charge is -2.26. The summed E-state index contributed by atoms with van der Waals surface area (Å²) in [6.45, 7) is 4.44. The molecule has 9 heteroatoms. The van der Waals surface area contributed by atoms with E-state index in [1.54, 1.807) is 18.2 Å². The van der Waals surface area contributed by atoms with E-state index in [-0.39, 0.29) is 24.9 Å². The Kier molecular flexibility index (Phi) is 7.62. The van der Waals surface area contributed by atoms with Crippen LogP contribution in [0.5, 0.6) is 5.75 Å². The molecule has 0 aliphatic carbocycles. The molecule has 28 heavy (non-hydrogen) atoms. The number of carboxylic acid groups (broad SMARTS) is 1. The van der Waals surface area contributed by atoms with Crippen LogP contribution < -0.4 is 21.1 Å². The molecule has 0 unspecified atom stereocenters. The van der Waals surface area contributed by atoms with Crippen molar-refractivity contribution in [2.75, 3.05) is 18.5 Å². The van der Waals surface area contributed by atoms with E-state index >= 15 is 0 Å². The molecule has 2 atom stereocenters. The average Bonchev–Trinajstić information content (AvgIpc) is 2.64. The lowest BCUT2D eigenvalue weighted by Crippen LogP contribution is -2.43. The van der Waals surface area contributed by atoms with Gasteiger partial charge in [0.25, 0.3) is 5.91 Å². The monoisotopic (exact) mass is 393 g/mol. The fourth-order valence-electron chi connectivity index (χ4n) is 2.68. The van der Waals surface area contributed by atoms with Crippen LogP contribution in [0.25, 0.3) is 0 Å². The van der Waals surface area contributed by atoms with Crippen LogP contribution in [0, 0.1) is 5.92 Å². The van der Waals surface area contributed by atoms with Crippen LogP contribution in [0.4, 0.5) is 10.5 Å². The fourth-order valence-corrected chi connectivity index (χ4v) is 2.68. The van der Waals surface area contributed by atoms with Gasteiger partial charge in [-0.2, -0.15) is 0 Å². The number of carbonyl (C=O) groups is 3. The molecule has 1 heterocycles. The highest BCUT2D eigenvalue weighted by Crippen LogP contribution is 2.31. The highest BCUT2D eigenvalue weighted by Gasteiger charge is 2.28. The second-order valence-corrected chi connectivity index (χ2v) is 7.09. The molecular formula is C19H27N3O6. The number of hydrogen-bond acceptors (Lipinski definition) is 6. The molecule has 2 rings (SSSR count). The largest absolute Gasteiger partial charge is 0.480 e. The predicted molar refractivity (Wildman–Crippen MR) is 102 cm³/mol. The van der Waals surface area contributed by atoms with Crippen molar-refractivity contribution >= 4 is 23.7 Å². The van der Waals surface area contributed by atoms with Crippen LogP contribution in [-0.2, 0) is 20.7 Å². The first-order chi connectivity index (χ1) is 13.3. The zero-order valence-corrected chi connectivity index (χ0v) is 16.1. The fraction of sp³-hybridized carbons (Fsp3) is 0.526. The summed E-state index contributed by atoms with van der Waals surface area (Å²) in [7, 11) is 0. The Morgan fingerprint density at radius 1 is 1.39 bits per heavy atom. The zero-order valence-electron chi connectivity index (χ0n) is 16.1. The summed E-state index contributed by atoms with van der Waals surface area (Å²) in [6, 6.07) is 3.86. The molecule has 1 aromatic rings. The summed E-state index contributed by atoms with van der Waals surface area (Å²) < 4.78 is 10.7. The Labute approximate surface area is 163 Å². The summed E-state index contributed by atoms with van der Waals surface area (Å²) >= 11 is 0. The van der Waals surface area contributed by atoms with Gasteiger partial charge in [-0.25, -0.2) is 9.59 Å².